The largest absolute Gasteiger partial charge is 0.508 e. The maximum absolute atomic E-state index is 12.9. The summed E-state index contributed by atoms with van der Waals surface area (Å²) in [7, 11) is 0. The number of carboxylic acids is 2. The van der Waals surface area contributed by atoms with E-state index in [1.165, 1.54) is 12.1 Å². The molecule has 1 aromatic carbocycles. The Kier molecular flexibility index (Phi) is 11.6. The number of carboxylic acid groups (broad SMARTS) is 2. The third kappa shape index (κ3) is 9.98. The fourth-order valence-electron chi connectivity index (χ4n) is 3.03. The third-order valence-electron chi connectivity index (χ3n) is 5.05. The van der Waals surface area contributed by atoms with E-state index >= 15 is 0 Å². The van der Waals surface area contributed by atoms with Gasteiger partial charge in [-0.3, -0.25) is 19.2 Å². The molecule has 0 aliphatic heterocycles. The van der Waals surface area contributed by atoms with Crippen molar-refractivity contribution >= 4 is 29.7 Å². The van der Waals surface area contributed by atoms with Crippen LogP contribution in [0.5, 0.6) is 5.75 Å². The lowest BCUT2D eigenvalue weighted by atomic mass is 10.0. The summed E-state index contributed by atoms with van der Waals surface area (Å²) >= 11 is 0. The summed E-state index contributed by atoms with van der Waals surface area (Å²) in [4.78, 5) is 60.1. The number of aliphatic hydroxyl groups excluding tert-OH is 1. The van der Waals surface area contributed by atoms with Gasteiger partial charge in [0.05, 0.1) is 12.6 Å². The Morgan fingerprint density at radius 1 is 0.886 bits per heavy atom. The molecule has 0 radical (unpaired) electrons. The first-order valence-electron chi connectivity index (χ1n) is 10.9. The summed E-state index contributed by atoms with van der Waals surface area (Å²) in [5, 5.41) is 43.4. The van der Waals surface area contributed by atoms with Crippen molar-refractivity contribution in [3.05, 3.63) is 29.8 Å². The normalized spacial score (nSPS) is 14.3. The van der Waals surface area contributed by atoms with Gasteiger partial charge in [-0.2, -0.15) is 0 Å². The molecule has 13 heteroatoms. The van der Waals surface area contributed by atoms with Crippen molar-refractivity contribution in [3.8, 4) is 5.75 Å². The molecule has 4 unspecified atom stereocenters. The minimum absolute atomic E-state index is 0.0367. The smallest absolute Gasteiger partial charge is 0.328 e. The molecule has 0 saturated carbocycles. The minimum Gasteiger partial charge on any atom is -0.508 e. The Balaban J connectivity index is 2.94. The maximum Gasteiger partial charge on any atom is 0.328 e. The molecule has 0 heterocycles. The van der Waals surface area contributed by atoms with Gasteiger partial charge in [0.15, 0.2) is 0 Å². The predicted molar refractivity (Wildman–Crippen MR) is 122 cm³/mol. The minimum atomic E-state index is -1.58. The Labute approximate surface area is 201 Å². The molecule has 0 fully saturated rings. The Hall–Kier alpha value is -3.71. The number of aromatic hydroxyl groups is 1. The number of nitrogens with one attached hydrogen (secondary N) is 3. The number of rotatable bonds is 14. The Morgan fingerprint density at radius 3 is 1.94 bits per heavy atom. The monoisotopic (exact) mass is 496 g/mol. The molecule has 13 nitrogen and oxygen atoms in total. The zero-order valence-electron chi connectivity index (χ0n) is 19.4. The van der Waals surface area contributed by atoms with Crippen LogP contribution in [-0.2, 0) is 30.4 Å². The van der Waals surface area contributed by atoms with Crippen molar-refractivity contribution in [2.45, 2.75) is 57.3 Å². The SMILES string of the molecule is CC(C)C(NC(=O)C(CCC(=O)O)NC(=O)C(N)Cc1ccc(O)cc1)C(=O)NC(CO)C(=O)O. The highest BCUT2D eigenvalue weighted by atomic mass is 16.4. The molecular weight excluding hydrogens is 464 g/mol. The van der Waals surface area contributed by atoms with Crippen LogP contribution in [0.1, 0.15) is 32.3 Å². The van der Waals surface area contributed by atoms with E-state index in [1.54, 1.807) is 26.0 Å². The standard InChI is InChI=1S/C22H32N4O9/c1-11(2)18(21(33)25-16(10-27)22(34)35)26-20(32)15(7-8-17(29)30)24-19(31)14(23)9-12-3-5-13(28)6-4-12/h3-6,11,14-16,18,27-28H,7-10,23H2,1-2H3,(H,24,31)(H,25,33)(H,26,32)(H,29,30)(H,34,35). The van der Waals surface area contributed by atoms with E-state index < -0.39 is 72.8 Å². The number of phenolic OH excluding ortho intramolecular Hbond substituents is 1. The molecule has 0 saturated heterocycles. The van der Waals surface area contributed by atoms with E-state index in [2.05, 4.69) is 16.0 Å². The molecule has 0 aliphatic carbocycles. The fourth-order valence-corrected chi connectivity index (χ4v) is 3.03. The van der Waals surface area contributed by atoms with Gasteiger partial charge < -0.3 is 42.1 Å². The lowest BCUT2D eigenvalue weighted by Crippen LogP contribution is -2.59. The number of phenols is 1. The number of aliphatic carboxylic acids is 2. The molecule has 9 N–H and O–H groups in total. The number of amides is 3. The van der Waals surface area contributed by atoms with Gasteiger partial charge in [0, 0.05) is 6.42 Å². The van der Waals surface area contributed by atoms with Crippen molar-refractivity contribution < 1.29 is 44.4 Å². The van der Waals surface area contributed by atoms with E-state index in [1.807, 2.05) is 0 Å². The average Bonchev–Trinajstić information content (AvgIpc) is 2.78. The third-order valence-corrected chi connectivity index (χ3v) is 5.05. The van der Waals surface area contributed by atoms with Gasteiger partial charge in [-0.05, 0) is 36.5 Å². The summed E-state index contributed by atoms with van der Waals surface area (Å²) < 4.78 is 0. The van der Waals surface area contributed by atoms with Crippen LogP contribution in [0.4, 0.5) is 0 Å². The molecule has 35 heavy (non-hydrogen) atoms. The first kappa shape index (κ1) is 29.3. The highest BCUT2D eigenvalue weighted by molar-refractivity contribution is 5.94. The van der Waals surface area contributed by atoms with Crippen molar-refractivity contribution in [1.82, 2.24) is 16.0 Å². The molecule has 0 bridgehead atoms. The number of hydrogen-bond donors (Lipinski definition) is 8. The Bertz CT molecular complexity index is 905. The highest BCUT2D eigenvalue weighted by Crippen LogP contribution is 2.11. The van der Waals surface area contributed by atoms with Gasteiger partial charge in [0.2, 0.25) is 17.7 Å². The second kappa shape index (κ2) is 13.9. The molecular formula is C22H32N4O9. The number of benzene rings is 1. The zero-order valence-corrected chi connectivity index (χ0v) is 19.4. The summed E-state index contributed by atoms with van der Waals surface area (Å²) in [6.45, 7) is 2.30. The lowest BCUT2D eigenvalue weighted by molar-refractivity contribution is -0.143. The maximum atomic E-state index is 12.9. The summed E-state index contributed by atoms with van der Waals surface area (Å²) in [5.74, 6) is -5.63. The van der Waals surface area contributed by atoms with Gasteiger partial charge in [0.1, 0.15) is 23.9 Å². The molecule has 0 aromatic heterocycles. The molecule has 1 aromatic rings. The van der Waals surface area contributed by atoms with Crippen LogP contribution in [0.25, 0.3) is 0 Å². The number of carbonyl (C=O) groups excluding carboxylic acids is 3. The topological polar surface area (TPSA) is 228 Å². The Morgan fingerprint density at radius 2 is 1.46 bits per heavy atom. The molecule has 194 valence electrons. The van der Waals surface area contributed by atoms with Gasteiger partial charge in [-0.25, -0.2) is 4.79 Å². The first-order chi connectivity index (χ1) is 16.3. The lowest BCUT2D eigenvalue weighted by Gasteiger charge is -2.26. The van der Waals surface area contributed by atoms with E-state index in [-0.39, 0.29) is 18.6 Å². The number of hydrogen-bond acceptors (Lipinski definition) is 8. The zero-order chi connectivity index (χ0) is 26.7. The number of carbonyl (C=O) groups is 5. The van der Waals surface area contributed by atoms with Crippen LogP contribution in [0, 0.1) is 5.92 Å². The second-order valence-corrected chi connectivity index (χ2v) is 8.28. The van der Waals surface area contributed by atoms with E-state index in [0.29, 0.717) is 5.56 Å². The van der Waals surface area contributed by atoms with Crippen LogP contribution < -0.4 is 21.7 Å². The number of nitrogens with two attached hydrogens (primary N) is 1. The van der Waals surface area contributed by atoms with E-state index in [9.17, 15) is 29.1 Å². The van der Waals surface area contributed by atoms with Crippen LogP contribution in [-0.4, -0.2) is 80.9 Å². The highest BCUT2D eigenvalue weighted by Gasteiger charge is 2.32. The molecule has 1 rings (SSSR count). The van der Waals surface area contributed by atoms with Gasteiger partial charge in [0.25, 0.3) is 0 Å². The molecule has 0 aliphatic rings. The van der Waals surface area contributed by atoms with E-state index in [4.69, 9.17) is 21.1 Å². The van der Waals surface area contributed by atoms with Crippen molar-refractivity contribution in [2.24, 2.45) is 11.7 Å². The van der Waals surface area contributed by atoms with Crippen LogP contribution >= 0.6 is 0 Å². The van der Waals surface area contributed by atoms with E-state index in [0.717, 1.165) is 0 Å². The summed E-state index contributed by atoms with van der Waals surface area (Å²) in [5.41, 5.74) is 6.57. The van der Waals surface area contributed by atoms with Crippen molar-refractivity contribution in [2.75, 3.05) is 6.61 Å². The fraction of sp³-hybridized carbons (Fsp3) is 0.500. The summed E-state index contributed by atoms with van der Waals surface area (Å²) in [6, 6.07) is 0.736. The van der Waals surface area contributed by atoms with Gasteiger partial charge in [-0.1, -0.05) is 26.0 Å². The van der Waals surface area contributed by atoms with Crippen LogP contribution in [0.2, 0.25) is 0 Å². The predicted octanol–water partition coefficient (Wildman–Crippen LogP) is -1.69. The average molecular weight is 497 g/mol. The van der Waals surface area contributed by atoms with Crippen LogP contribution in [0.3, 0.4) is 0 Å². The van der Waals surface area contributed by atoms with Gasteiger partial charge in [-0.15, -0.1) is 0 Å². The molecule has 0 spiro atoms. The van der Waals surface area contributed by atoms with Crippen molar-refractivity contribution in [3.63, 3.8) is 0 Å². The van der Waals surface area contributed by atoms with Crippen molar-refractivity contribution in [1.29, 1.82) is 0 Å². The quantitative estimate of drug-likeness (QED) is 0.146. The summed E-state index contributed by atoms with van der Waals surface area (Å²) in [6.07, 6.45) is -0.677. The second-order valence-electron chi connectivity index (χ2n) is 8.28. The number of aliphatic hydroxyl groups is 1. The molecule has 3 amide bonds. The van der Waals surface area contributed by atoms with Gasteiger partial charge >= 0.3 is 11.9 Å². The first-order valence-corrected chi connectivity index (χ1v) is 10.9. The molecule has 4 atom stereocenters. The van der Waals surface area contributed by atoms with Crippen LogP contribution in [0.15, 0.2) is 24.3 Å².